The molecule has 0 aromatic heterocycles. The quantitative estimate of drug-likeness (QED) is 0.582. The number of aliphatic hydroxyl groups excluding tert-OH is 1. The van der Waals surface area contributed by atoms with Crippen LogP contribution in [0.2, 0.25) is 0 Å². The van der Waals surface area contributed by atoms with Crippen LogP contribution in [-0.4, -0.2) is 44.9 Å². The van der Waals surface area contributed by atoms with Crippen molar-refractivity contribution in [1.29, 1.82) is 0 Å². The molecule has 0 aliphatic carbocycles. The molecule has 0 aliphatic rings. The average Bonchev–Trinajstić information content (AvgIpc) is 2.46. The van der Waals surface area contributed by atoms with E-state index >= 15 is 0 Å². The predicted octanol–water partition coefficient (Wildman–Crippen LogP) is 0.834. The highest BCUT2D eigenvalue weighted by Crippen LogP contribution is 2.24. The number of rotatable bonds is 9. The second-order valence-electron chi connectivity index (χ2n) is 4.35. The molecule has 8 heteroatoms. The number of benzene rings is 1. The maximum Gasteiger partial charge on any atom is 0.335 e. The largest absolute Gasteiger partial charge is 0.495 e. The number of hydrogen-bond acceptors (Lipinski definition) is 5. The van der Waals surface area contributed by atoms with E-state index < -0.39 is 16.0 Å². The average molecular weight is 317 g/mol. The first-order valence-electron chi connectivity index (χ1n) is 6.44. The summed E-state index contributed by atoms with van der Waals surface area (Å²) < 4.78 is 31.7. The van der Waals surface area contributed by atoms with Gasteiger partial charge in [0.05, 0.1) is 12.7 Å². The Morgan fingerprint density at radius 3 is 2.57 bits per heavy atom. The van der Waals surface area contributed by atoms with E-state index in [4.69, 9.17) is 14.9 Å². The van der Waals surface area contributed by atoms with Crippen molar-refractivity contribution in [1.82, 2.24) is 4.72 Å². The SMILES string of the molecule is COc1ccc(C(=O)O)cc1S(=O)(=O)NCCCCCO. The molecule has 0 unspecified atom stereocenters. The molecule has 21 heavy (non-hydrogen) atoms. The van der Waals surface area contributed by atoms with E-state index in [0.717, 1.165) is 6.07 Å². The minimum absolute atomic E-state index is 0.0707. The molecule has 0 spiro atoms. The molecule has 118 valence electrons. The summed E-state index contributed by atoms with van der Waals surface area (Å²) in [5.41, 5.74) is -0.128. The summed E-state index contributed by atoms with van der Waals surface area (Å²) in [7, 11) is -2.53. The third-order valence-electron chi connectivity index (χ3n) is 2.83. The molecule has 1 rings (SSSR count). The highest BCUT2D eigenvalue weighted by atomic mass is 32.2. The van der Waals surface area contributed by atoms with Gasteiger partial charge in [0.25, 0.3) is 0 Å². The first-order chi connectivity index (χ1) is 9.92. The lowest BCUT2D eigenvalue weighted by Crippen LogP contribution is -2.25. The Bertz CT molecular complexity index is 584. The number of unbranched alkanes of at least 4 members (excludes halogenated alkanes) is 2. The summed E-state index contributed by atoms with van der Waals surface area (Å²) in [5, 5.41) is 17.6. The van der Waals surface area contributed by atoms with Crippen molar-refractivity contribution >= 4 is 16.0 Å². The molecule has 3 N–H and O–H groups in total. The third kappa shape index (κ3) is 5.00. The van der Waals surface area contributed by atoms with Gasteiger partial charge in [0, 0.05) is 13.2 Å². The Kier molecular flexibility index (Phi) is 6.60. The molecular weight excluding hydrogens is 298 g/mol. The van der Waals surface area contributed by atoms with Gasteiger partial charge < -0.3 is 14.9 Å². The molecule has 0 aliphatic heterocycles. The highest BCUT2D eigenvalue weighted by molar-refractivity contribution is 7.89. The number of carboxylic acids is 1. The van der Waals surface area contributed by atoms with Crippen LogP contribution < -0.4 is 9.46 Å². The van der Waals surface area contributed by atoms with Gasteiger partial charge in [-0.2, -0.15) is 0 Å². The number of hydrogen-bond donors (Lipinski definition) is 3. The highest BCUT2D eigenvalue weighted by Gasteiger charge is 2.21. The monoisotopic (exact) mass is 317 g/mol. The Morgan fingerprint density at radius 1 is 1.29 bits per heavy atom. The second-order valence-corrected chi connectivity index (χ2v) is 6.09. The lowest BCUT2D eigenvalue weighted by molar-refractivity contribution is 0.0696. The van der Waals surface area contributed by atoms with Gasteiger partial charge in [0.15, 0.2) is 0 Å². The molecule has 0 atom stereocenters. The van der Waals surface area contributed by atoms with Crippen LogP contribution in [0.5, 0.6) is 5.75 Å². The number of carboxylic acid groups (broad SMARTS) is 1. The number of ether oxygens (including phenoxy) is 1. The smallest absolute Gasteiger partial charge is 0.335 e. The van der Waals surface area contributed by atoms with Crippen LogP contribution in [0.15, 0.2) is 23.1 Å². The molecule has 7 nitrogen and oxygen atoms in total. The van der Waals surface area contributed by atoms with Gasteiger partial charge in [-0.05, 0) is 37.5 Å². The molecule has 0 saturated carbocycles. The molecule has 0 saturated heterocycles. The van der Waals surface area contributed by atoms with Crippen LogP contribution >= 0.6 is 0 Å². The third-order valence-corrected chi connectivity index (χ3v) is 4.31. The standard InChI is InChI=1S/C13H19NO6S/c1-20-11-6-5-10(13(16)17)9-12(11)21(18,19)14-7-3-2-4-8-15/h5-6,9,14-15H,2-4,7-8H2,1H3,(H,16,17). The summed E-state index contributed by atoms with van der Waals surface area (Å²) in [4.78, 5) is 10.7. The second kappa shape index (κ2) is 7.96. The number of aromatic carboxylic acids is 1. The number of nitrogens with one attached hydrogen (secondary N) is 1. The normalized spacial score (nSPS) is 11.3. The van der Waals surface area contributed by atoms with Crippen LogP contribution in [0.1, 0.15) is 29.6 Å². The maximum absolute atomic E-state index is 12.2. The molecule has 0 amide bonds. The van der Waals surface area contributed by atoms with Crippen LogP contribution in [0.4, 0.5) is 0 Å². The van der Waals surface area contributed by atoms with Crippen LogP contribution in [0, 0.1) is 0 Å². The van der Waals surface area contributed by atoms with Crippen molar-refractivity contribution < 1.29 is 28.2 Å². The van der Waals surface area contributed by atoms with Crippen molar-refractivity contribution in [2.75, 3.05) is 20.3 Å². The van der Waals surface area contributed by atoms with Gasteiger partial charge >= 0.3 is 5.97 Å². The van der Waals surface area contributed by atoms with E-state index in [9.17, 15) is 13.2 Å². The number of sulfonamides is 1. The molecule has 0 fully saturated rings. The van der Waals surface area contributed by atoms with Gasteiger partial charge in [0.1, 0.15) is 10.6 Å². The minimum atomic E-state index is -3.85. The van der Waals surface area contributed by atoms with E-state index in [1.807, 2.05) is 0 Å². The first kappa shape index (κ1) is 17.4. The van der Waals surface area contributed by atoms with E-state index in [-0.39, 0.29) is 29.4 Å². The fourth-order valence-electron chi connectivity index (χ4n) is 1.72. The fraction of sp³-hybridized carbons (Fsp3) is 0.462. The minimum Gasteiger partial charge on any atom is -0.495 e. The number of carbonyl (C=O) groups is 1. The fourth-order valence-corrected chi connectivity index (χ4v) is 2.98. The summed E-state index contributed by atoms with van der Waals surface area (Å²) in [6, 6.07) is 3.66. The van der Waals surface area contributed by atoms with Gasteiger partial charge in [-0.3, -0.25) is 0 Å². The van der Waals surface area contributed by atoms with Gasteiger partial charge in [-0.25, -0.2) is 17.9 Å². The zero-order valence-corrected chi connectivity index (χ0v) is 12.5. The Hall–Kier alpha value is -1.64. The Labute approximate surface area is 123 Å². The van der Waals surface area contributed by atoms with Crippen molar-refractivity contribution in [3.05, 3.63) is 23.8 Å². The van der Waals surface area contributed by atoms with E-state index in [1.165, 1.54) is 19.2 Å². The van der Waals surface area contributed by atoms with E-state index in [2.05, 4.69) is 4.72 Å². The number of aliphatic hydroxyl groups is 1. The zero-order valence-electron chi connectivity index (χ0n) is 11.7. The Morgan fingerprint density at radius 2 is 2.00 bits per heavy atom. The van der Waals surface area contributed by atoms with Gasteiger partial charge in [0.2, 0.25) is 10.0 Å². The summed E-state index contributed by atoms with van der Waals surface area (Å²) in [5.74, 6) is -1.13. The van der Waals surface area contributed by atoms with Crippen LogP contribution in [0.25, 0.3) is 0 Å². The molecule has 0 radical (unpaired) electrons. The van der Waals surface area contributed by atoms with Crippen molar-refractivity contribution in [3.8, 4) is 5.75 Å². The predicted molar refractivity (Wildman–Crippen MR) is 76.1 cm³/mol. The summed E-state index contributed by atoms with van der Waals surface area (Å²) >= 11 is 0. The molecule has 1 aromatic rings. The van der Waals surface area contributed by atoms with Crippen molar-refractivity contribution in [2.24, 2.45) is 0 Å². The number of methoxy groups -OCH3 is 1. The lowest BCUT2D eigenvalue weighted by Gasteiger charge is -2.11. The van der Waals surface area contributed by atoms with E-state index in [0.29, 0.717) is 19.3 Å². The van der Waals surface area contributed by atoms with Crippen LogP contribution in [0.3, 0.4) is 0 Å². The first-order valence-corrected chi connectivity index (χ1v) is 7.92. The van der Waals surface area contributed by atoms with Crippen LogP contribution in [-0.2, 0) is 10.0 Å². The summed E-state index contributed by atoms with van der Waals surface area (Å²) in [6.45, 7) is 0.282. The lowest BCUT2D eigenvalue weighted by atomic mass is 10.2. The maximum atomic E-state index is 12.2. The molecule has 1 aromatic carbocycles. The van der Waals surface area contributed by atoms with Crippen molar-refractivity contribution in [3.63, 3.8) is 0 Å². The molecule has 0 bridgehead atoms. The zero-order chi connectivity index (χ0) is 15.9. The molecular formula is C13H19NO6S. The Balaban J connectivity index is 2.90. The summed E-state index contributed by atoms with van der Waals surface area (Å²) in [6.07, 6.45) is 1.89. The van der Waals surface area contributed by atoms with Crippen molar-refractivity contribution in [2.45, 2.75) is 24.2 Å². The van der Waals surface area contributed by atoms with Gasteiger partial charge in [-0.1, -0.05) is 0 Å². The van der Waals surface area contributed by atoms with E-state index in [1.54, 1.807) is 0 Å². The van der Waals surface area contributed by atoms with Gasteiger partial charge in [-0.15, -0.1) is 0 Å². The molecule has 0 heterocycles. The topological polar surface area (TPSA) is 113 Å².